The van der Waals surface area contributed by atoms with E-state index < -0.39 is 6.10 Å². The average molecular weight is 996 g/mol. The molecule has 0 fully saturated rings. The van der Waals surface area contributed by atoms with Gasteiger partial charge in [0.2, 0.25) is 0 Å². The van der Waals surface area contributed by atoms with Crippen molar-refractivity contribution in [3.8, 4) is 0 Å². The number of carbonyl (C=O) groups is 3. The maximum atomic E-state index is 12.8. The quantitative estimate of drug-likeness (QED) is 0.0261. The molecule has 0 aliphatic carbocycles. The second-order valence-electron chi connectivity index (χ2n) is 18.8. The maximum Gasteiger partial charge on any atom is 0.306 e. The Kier molecular flexibility index (Phi) is 55.5. The van der Waals surface area contributed by atoms with E-state index in [4.69, 9.17) is 14.2 Å². The largest absolute Gasteiger partial charge is 0.462 e. The lowest BCUT2D eigenvalue weighted by Crippen LogP contribution is -2.30. The van der Waals surface area contributed by atoms with Gasteiger partial charge in [-0.15, -0.1) is 0 Å². The van der Waals surface area contributed by atoms with E-state index in [2.05, 4.69) is 154 Å². The molecule has 1 unspecified atom stereocenters. The summed E-state index contributed by atoms with van der Waals surface area (Å²) in [5.41, 5.74) is 0. The molecular formula is C66H106O6. The minimum absolute atomic E-state index is 0.111. The van der Waals surface area contributed by atoms with E-state index in [1.165, 1.54) is 70.6 Å². The van der Waals surface area contributed by atoms with Crippen LogP contribution < -0.4 is 0 Å². The molecule has 406 valence electrons. The summed E-state index contributed by atoms with van der Waals surface area (Å²) in [7, 11) is 0. The third-order valence-electron chi connectivity index (χ3n) is 11.9. The second-order valence-corrected chi connectivity index (χ2v) is 18.8. The average Bonchev–Trinajstić information content (AvgIpc) is 3.38. The van der Waals surface area contributed by atoms with Crippen LogP contribution in [0.5, 0.6) is 0 Å². The number of ether oxygens (including phenoxy) is 3. The fourth-order valence-corrected chi connectivity index (χ4v) is 7.54. The first-order chi connectivity index (χ1) is 35.5. The number of hydrogen-bond acceptors (Lipinski definition) is 6. The highest BCUT2D eigenvalue weighted by Gasteiger charge is 2.19. The van der Waals surface area contributed by atoms with Gasteiger partial charge in [0.25, 0.3) is 0 Å². The minimum Gasteiger partial charge on any atom is -0.462 e. The van der Waals surface area contributed by atoms with Crippen molar-refractivity contribution in [2.75, 3.05) is 13.2 Å². The zero-order chi connectivity index (χ0) is 52.2. The van der Waals surface area contributed by atoms with Gasteiger partial charge in [0.15, 0.2) is 6.10 Å². The van der Waals surface area contributed by atoms with E-state index in [1.807, 2.05) is 0 Å². The Hall–Kier alpha value is -4.45. The number of hydrogen-bond donors (Lipinski definition) is 0. The number of esters is 3. The standard InChI is InChI=1S/C66H106O6/c1-4-7-10-13-16-19-22-25-28-30-31-32-33-34-35-37-38-41-44-47-50-53-56-59-65(68)71-62-63(61-70-64(67)58-55-52-49-46-43-40-27-24-21-18-15-12-9-6-3)72-66(69)60-57-54-51-48-45-42-39-36-29-26-23-20-17-14-11-8-5-2/h7-8,10-11,15-20,24-29,31-32,39,42,48,51,63H,4-6,9,12-14,21-23,30,33-38,40-41,43-47,49-50,52-62H2,1-3H3/b10-7-,11-8-,18-15-,19-16-,20-17-,27-24-,28-25-,29-26-,32-31-,42-39-,51-48-. The van der Waals surface area contributed by atoms with Crippen molar-refractivity contribution in [2.45, 2.75) is 252 Å². The predicted molar refractivity (Wildman–Crippen MR) is 311 cm³/mol. The lowest BCUT2D eigenvalue weighted by Gasteiger charge is -2.18. The summed E-state index contributed by atoms with van der Waals surface area (Å²) in [5.74, 6) is -0.992. The zero-order valence-electron chi connectivity index (χ0n) is 46.4. The van der Waals surface area contributed by atoms with Gasteiger partial charge >= 0.3 is 17.9 Å². The molecule has 0 saturated carbocycles. The first kappa shape index (κ1) is 67.5. The molecule has 0 bridgehead atoms. The van der Waals surface area contributed by atoms with Crippen molar-refractivity contribution in [2.24, 2.45) is 0 Å². The van der Waals surface area contributed by atoms with E-state index in [0.717, 1.165) is 128 Å². The molecule has 0 N–H and O–H groups in total. The molecule has 0 saturated heterocycles. The molecule has 0 rings (SSSR count). The summed E-state index contributed by atoms with van der Waals surface area (Å²) in [6, 6.07) is 0. The fourth-order valence-electron chi connectivity index (χ4n) is 7.54. The Balaban J connectivity index is 4.46. The van der Waals surface area contributed by atoms with Gasteiger partial charge in [-0.3, -0.25) is 14.4 Å². The van der Waals surface area contributed by atoms with E-state index in [1.54, 1.807) is 0 Å². The van der Waals surface area contributed by atoms with Crippen molar-refractivity contribution >= 4 is 17.9 Å². The highest BCUT2D eigenvalue weighted by atomic mass is 16.6. The van der Waals surface area contributed by atoms with Gasteiger partial charge in [0.05, 0.1) is 0 Å². The number of allylic oxidation sites excluding steroid dienone is 22. The SMILES string of the molecule is CC/C=C\C/C=C\C/C=C\C/C=C\C/C=C\CCCC(=O)OC(COC(=O)CCCCCCC/C=C\C/C=C\CCCC)COC(=O)CCCCCCCCCCCC/C=C\C/C=C\C/C=C\C/C=C\CC. The van der Waals surface area contributed by atoms with Gasteiger partial charge < -0.3 is 14.2 Å². The van der Waals surface area contributed by atoms with Crippen LogP contribution in [0, 0.1) is 0 Å². The van der Waals surface area contributed by atoms with Crippen LogP contribution in [0.2, 0.25) is 0 Å². The van der Waals surface area contributed by atoms with E-state index >= 15 is 0 Å². The third kappa shape index (κ3) is 56.5. The summed E-state index contributed by atoms with van der Waals surface area (Å²) in [6.07, 6.45) is 83.0. The topological polar surface area (TPSA) is 78.9 Å². The Morgan fingerprint density at radius 3 is 0.889 bits per heavy atom. The van der Waals surface area contributed by atoms with E-state index in [0.29, 0.717) is 19.3 Å². The molecule has 0 aliphatic rings. The molecule has 0 aromatic heterocycles. The normalized spacial score (nSPS) is 13.1. The summed E-state index contributed by atoms with van der Waals surface area (Å²) in [6.45, 7) is 6.30. The molecule has 6 heteroatoms. The number of rotatable bonds is 51. The smallest absolute Gasteiger partial charge is 0.306 e. The van der Waals surface area contributed by atoms with Gasteiger partial charge in [-0.1, -0.05) is 238 Å². The van der Waals surface area contributed by atoms with Gasteiger partial charge in [0.1, 0.15) is 13.2 Å². The van der Waals surface area contributed by atoms with Crippen LogP contribution in [0.3, 0.4) is 0 Å². The predicted octanol–water partition coefficient (Wildman–Crippen LogP) is 19.8. The third-order valence-corrected chi connectivity index (χ3v) is 11.9. The molecule has 1 atom stereocenters. The summed E-state index contributed by atoms with van der Waals surface area (Å²) < 4.78 is 16.8. The highest BCUT2D eigenvalue weighted by Crippen LogP contribution is 2.14. The van der Waals surface area contributed by atoms with Gasteiger partial charge in [-0.05, 0) is 122 Å². The Morgan fingerprint density at radius 1 is 0.292 bits per heavy atom. The van der Waals surface area contributed by atoms with Crippen LogP contribution in [0.4, 0.5) is 0 Å². The number of carbonyl (C=O) groups excluding carboxylic acids is 3. The van der Waals surface area contributed by atoms with Gasteiger partial charge in [0, 0.05) is 19.3 Å². The minimum atomic E-state index is -0.821. The molecule has 72 heavy (non-hydrogen) atoms. The van der Waals surface area contributed by atoms with Crippen molar-refractivity contribution in [1.82, 2.24) is 0 Å². The van der Waals surface area contributed by atoms with Crippen LogP contribution in [0.25, 0.3) is 0 Å². The Bertz CT molecular complexity index is 1560. The summed E-state index contributed by atoms with van der Waals surface area (Å²) in [5, 5.41) is 0. The molecule has 0 aromatic rings. The molecule has 6 nitrogen and oxygen atoms in total. The maximum absolute atomic E-state index is 12.8. The molecule has 0 radical (unpaired) electrons. The highest BCUT2D eigenvalue weighted by molar-refractivity contribution is 5.71. The van der Waals surface area contributed by atoms with Gasteiger partial charge in [-0.25, -0.2) is 0 Å². The van der Waals surface area contributed by atoms with Crippen LogP contribution in [-0.2, 0) is 28.6 Å². The lowest BCUT2D eigenvalue weighted by molar-refractivity contribution is -0.167. The zero-order valence-corrected chi connectivity index (χ0v) is 46.4. The van der Waals surface area contributed by atoms with Crippen LogP contribution in [0.1, 0.15) is 245 Å². The Labute approximate surface area is 443 Å². The molecule has 0 aliphatic heterocycles. The van der Waals surface area contributed by atoms with Crippen LogP contribution in [0.15, 0.2) is 134 Å². The molecule has 0 aromatic carbocycles. The summed E-state index contributed by atoms with van der Waals surface area (Å²) >= 11 is 0. The lowest BCUT2D eigenvalue weighted by atomic mass is 10.1. The number of unbranched alkanes of at least 4 members (excludes halogenated alkanes) is 18. The molecule has 0 amide bonds. The molecule has 0 heterocycles. The van der Waals surface area contributed by atoms with Crippen molar-refractivity contribution in [3.63, 3.8) is 0 Å². The van der Waals surface area contributed by atoms with Crippen molar-refractivity contribution in [3.05, 3.63) is 134 Å². The first-order valence-electron chi connectivity index (χ1n) is 29.2. The molecule has 0 spiro atoms. The van der Waals surface area contributed by atoms with Crippen molar-refractivity contribution < 1.29 is 28.6 Å². The van der Waals surface area contributed by atoms with E-state index in [9.17, 15) is 14.4 Å². The first-order valence-corrected chi connectivity index (χ1v) is 29.2. The summed E-state index contributed by atoms with van der Waals surface area (Å²) in [4.78, 5) is 38.2. The van der Waals surface area contributed by atoms with Crippen LogP contribution >= 0.6 is 0 Å². The Morgan fingerprint density at radius 2 is 0.556 bits per heavy atom. The molecular weight excluding hydrogens is 889 g/mol. The monoisotopic (exact) mass is 995 g/mol. The fraction of sp³-hybridized carbons (Fsp3) is 0.621. The van der Waals surface area contributed by atoms with E-state index in [-0.39, 0.29) is 37.5 Å². The van der Waals surface area contributed by atoms with Gasteiger partial charge in [-0.2, -0.15) is 0 Å². The van der Waals surface area contributed by atoms with Crippen molar-refractivity contribution in [1.29, 1.82) is 0 Å². The van der Waals surface area contributed by atoms with Crippen LogP contribution in [-0.4, -0.2) is 37.2 Å². The second kappa shape index (κ2) is 59.1.